The monoisotopic (exact) mass is 341 g/mol. The van der Waals surface area contributed by atoms with E-state index in [1.54, 1.807) is 25.2 Å². The maximum Gasteiger partial charge on any atom is 0.251 e. The third kappa shape index (κ3) is 5.41. The second kappa shape index (κ2) is 8.96. The van der Waals surface area contributed by atoms with Gasteiger partial charge >= 0.3 is 0 Å². The van der Waals surface area contributed by atoms with Crippen LogP contribution in [0.25, 0.3) is 0 Å². The molecule has 1 atom stereocenters. The highest BCUT2D eigenvalue weighted by molar-refractivity contribution is 5.97. The second-order valence-electron chi connectivity index (χ2n) is 5.71. The highest BCUT2D eigenvalue weighted by atomic mass is 16.5. The van der Waals surface area contributed by atoms with Crippen LogP contribution >= 0.6 is 0 Å². The molecule has 6 nitrogen and oxygen atoms in total. The molecule has 0 aliphatic carbocycles. The van der Waals surface area contributed by atoms with Gasteiger partial charge in [-0.25, -0.2) is 0 Å². The zero-order chi connectivity index (χ0) is 18.2. The molecule has 0 heterocycles. The van der Waals surface area contributed by atoms with Gasteiger partial charge in [0.2, 0.25) is 5.91 Å². The van der Waals surface area contributed by atoms with Crippen LogP contribution in [0, 0.1) is 6.92 Å². The lowest BCUT2D eigenvalue weighted by atomic mass is 10.1. The maximum atomic E-state index is 12.2. The van der Waals surface area contributed by atoms with Crippen molar-refractivity contribution in [2.75, 3.05) is 19.0 Å². The van der Waals surface area contributed by atoms with Crippen LogP contribution in [0.15, 0.2) is 48.5 Å². The van der Waals surface area contributed by atoms with Crippen LogP contribution in [0.2, 0.25) is 0 Å². The number of aryl methyl sites for hydroxylation is 1. The van der Waals surface area contributed by atoms with Crippen molar-refractivity contribution in [1.29, 1.82) is 0 Å². The number of nitrogens with one attached hydrogen (secondary N) is 2. The largest absolute Gasteiger partial charge is 0.375 e. The van der Waals surface area contributed by atoms with Gasteiger partial charge in [-0.3, -0.25) is 9.59 Å². The summed E-state index contributed by atoms with van der Waals surface area (Å²) < 4.78 is 5.50. The fraction of sp³-hybridized carbons (Fsp3) is 0.263. The van der Waals surface area contributed by atoms with Crippen molar-refractivity contribution in [2.45, 2.75) is 19.6 Å². The number of amides is 2. The van der Waals surface area contributed by atoms with Crippen molar-refractivity contribution in [2.24, 2.45) is 5.73 Å². The standard InChI is InChI=1S/C19H23N3O3/c1-13-10-15(18(23)21-2)8-9-17(13)22-19(24)16(20)12-25-11-14-6-4-3-5-7-14/h3-10,16H,11-12,20H2,1-2H3,(H,21,23)(H,22,24)/t16-/m1/s1. The molecule has 0 radical (unpaired) electrons. The van der Waals surface area contributed by atoms with E-state index in [2.05, 4.69) is 10.6 Å². The Labute approximate surface area is 147 Å². The minimum Gasteiger partial charge on any atom is -0.375 e. The number of rotatable bonds is 7. The summed E-state index contributed by atoms with van der Waals surface area (Å²) in [4.78, 5) is 23.8. The smallest absolute Gasteiger partial charge is 0.251 e. The van der Waals surface area contributed by atoms with E-state index in [1.165, 1.54) is 0 Å². The normalized spacial score (nSPS) is 11.6. The molecule has 6 heteroatoms. The number of nitrogens with two attached hydrogens (primary N) is 1. The molecule has 25 heavy (non-hydrogen) atoms. The topological polar surface area (TPSA) is 93.5 Å². The number of hydrogen-bond donors (Lipinski definition) is 3. The van der Waals surface area contributed by atoms with Crippen molar-refractivity contribution in [3.8, 4) is 0 Å². The molecule has 2 aromatic carbocycles. The number of ether oxygens (including phenoxy) is 1. The van der Waals surface area contributed by atoms with Crippen molar-refractivity contribution in [1.82, 2.24) is 5.32 Å². The number of benzene rings is 2. The lowest BCUT2D eigenvalue weighted by Gasteiger charge is -2.14. The molecule has 0 aliphatic heterocycles. The molecule has 2 amide bonds. The van der Waals surface area contributed by atoms with Gasteiger partial charge in [0.25, 0.3) is 5.91 Å². The lowest BCUT2D eigenvalue weighted by molar-refractivity contribution is -0.118. The molecule has 0 bridgehead atoms. The first-order valence-corrected chi connectivity index (χ1v) is 8.02. The van der Waals surface area contributed by atoms with E-state index in [0.29, 0.717) is 17.9 Å². The Balaban J connectivity index is 1.87. The molecular formula is C19H23N3O3. The highest BCUT2D eigenvalue weighted by Crippen LogP contribution is 2.16. The summed E-state index contributed by atoms with van der Waals surface area (Å²) in [5.74, 6) is -0.504. The summed E-state index contributed by atoms with van der Waals surface area (Å²) >= 11 is 0. The van der Waals surface area contributed by atoms with E-state index in [-0.39, 0.29) is 18.4 Å². The number of anilines is 1. The molecule has 4 N–H and O–H groups in total. The molecule has 0 aliphatic rings. The minimum absolute atomic E-state index is 0.121. The maximum absolute atomic E-state index is 12.2. The van der Waals surface area contributed by atoms with Crippen LogP contribution in [0.4, 0.5) is 5.69 Å². The fourth-order valence-corrected chi connectivity index (χ4v) is 2.27. The van der Waals surface area contributed by atoms with Crippen molar-refractivity contribution in [3.05, 3.63) is 65.2 Å². The summed E-state index contributed by atoms with van der Waals surface area (Å²) in [5, 5.41) is 5.33. The van der Waals surface area contributed by atoms with Gasteiger partial charge < -0.3 is 21.1 Å². The van der Waals surface area contributed by atoms with Gasteiger partial charge in [-0.15, -0.1) is 0 Å². The van der Waals surface area contributed by atoms with Crippen LogP contribution < -0.4 is 16.4 Å². The molecule has 0 saturated carbocycles. The Morgan fingerprint density at radius 2 is 1.88 bits per heavy atom. The van der Waals surface area contributed by atoms with Crippen LogP contribution in [0.5, 0.6) is 0 Å². The first kappa shape index (κ1) is 18.6. The third-order valence-electron chi connectivity index (χ3n) is 3.72. The minimum atomic E-state index is -0.776. The predicted octanol–water partition coefficient (Wildman–Crippen LogP) is 1.84. The van der Waals surface area contributed by atoms with Gasteiger partial charge in [0, 0.05) is 18.3 Å². The van der Waals surface area contributed by atoms with Gasteiger partial charge in [0.05, 0.1) is 13.2 Å². The van der Waals surface area contributed by atoms with Gasteiger partial charge in [-0.05, 0) is 36.2 Å². The van der Waals surface area contributed by atoms with Crippen LogP contribution in [0.3, 0.4) is 0 Å². The summed E-state index contributed by atoms with van der Waals surface area (Å²) in [6.07, 6.45) is 0. The van der Waals surface area contributed by atoms with E-state index in [1.807, 2.05) is 37.3 Å². The Morgan fingerprint density at radius 3 is 2.52 bits per heavy atom. The van der Waals surface area contributed by atoms with Crippen LogP contribution in [-0.2, 0) is 16.1 Å². The van der Waals surface area contributed by atoms with Crippen molar-refractivity contribution < 1.29 is 14.3 Å². The van der Waals surface area contributed by atoms with E-state index < -0.39 is 6.04 Å². The first-order chi connectivity index (χ1) is 12.0. The van der Waals surface area contributed by atoms with E-state index in [4.69, 9.17) is 10.5 Å². The van der Waals surface area contributed by atoms with E-state index in [0.717, 1.165) is 11.1 Å². The van der Waals surface area contributed by atoms with Gasteiger partial charge in [-0.1, -0.05) is 30.3 Å². The molecular weight excluding hydrogens is 318 g/mol. The van der Waals surface area contributed by atoms with Crippen molar-refractivity contribution >= 4 is 17.5 Å². The molecule has 0 aromatic heterocycles. The number of hydrogen-bond acceptors (Lipinski definition) is 4. The van der Waals surface area contributed by atoms with Crippen LogP contribution in [0.1, 0.15) is 21.5 Å². The molecule has 2 rings (SSSR count). The SMILES string of the molecule is CNC(=O)c1ccc(NC(=O)[C@H](N)COCc2ccccc2)c(C)c1. The van der Waals surface area contributed by atoms with E-state index in [9.17, 15) is 9.59 Å². The highest BCUT2D eigenvalue weighted by Gasteiger charge is 2.15. The molecule has 0 spiro atoms. The average molecular weight is 341 g/mol. The Kier molecular flexibility index (Phi) is 6.68. The summed E-state index contributed by atoms with van der Waals surface area (Å²) in [6, 6.07) is 14.0. The van der Waals surface area contributed by atoms with Crippen LogP contribution in [-0.4, -0.2) is 31.5 Å². The zero-order valence-electron chi connectivity index (χ0n) is 14.4. The van der Waals surface area contributed by atoms with E-state index >= 15 is 0 Å². The predicted molar refractivity (Wildman–Crippen MR) is 97.3 cm³/mol. The van der Waals surface area contributed by atoms with Crippen molar-refractivity contribution in [3.63, 3.8) is 0 Å². The number of carbonyl (C=O) groups is 2. The quantitative estimate of drug-likeness (QED) is 0.716. The fourth-order valence-electron chi connectivity index (χ4n) is 2.27. The molecule has 0 unspecified atom stereocenters. The Hall–Kier alpha value is -2.70. The summed E-state index contributed by atoms with van der Waals surface area (Å²) in [7, 11) is 1.57. The summed E-state index contributed by atoms with van der Waals surface area (Å²) in [5.41, 5.74) is 8.84. The molecule has 132 valence electrons. The molecule has 0 saturated heterocycles. The Morgan fingerprint density at radius 1 is 1.16 bits per heavy atom. The third-order valence-corrected chi connectivity index (χ3v) is 3.72. The second-order valence-corrected chi connectivity index (χ2v) is 5.71. The molecule has 0 fully saturated rings. The first-order valence-electron chi connectivity index (χ1n) is 8.02. The van der Waals surface area contributed by atoms with Gasteiger partial charge in [-0.2, -0.15) is 0 Å². The lowest BCUT2D eigenvalue weighted by Crippen LogP contribution is -2.39. The Bertz CT molecular complexity index is 732. The zero-order valence-corrected chi connectivity index (χ0v) is 14.4. The van der Waals surface area contributed by atoms with Gasteiger partial charge in [0.15, 0.2) is 0 Å². The average Bonchev–Trinajstić information content (AvgIpc) is 2.63. The number of carbonyl (C=O) groups excluding carboxylic acids is 2. The van der Waals surface area contributed by atoms with Gasteiger partial charge in [0.1, 0.15) is 6.04 Å². The summed E-state index contributed by atoms with van der Waals surface area (Å²) in [6.45, 7) is 2.34. The molecule has 2 aromatic rings.